The minimum absolute atomic E-state index is 0.0932. The highest BCUT2D eigenvalue weighted by Crippen LogP contribution is 2.24. The lowest BCUT2D eigenvalue weighted by Gasteiger charge is -2.36. The fourth-order valence-electron chi connectivity index (χ4n) is 2.31. The smallest absolute Gasteiger partial charge is 0.239 e. The van der Waals surface area contributed by atoms with Gasteiger partial charge in [0, 0.05) is 13.1 Å². The van der Waals surface area contributed by atoms with Crippen molar-refractivity contribution in [3.8, 4) is 0 Å². The Labute approximate surface area is 109 Å². The molecular formula is C15H22N2O. The molecule has 0 aromatic heterocycles. The van der Waals surface area contributed by atoms with E-state index in [1.807, 2.05) is 30.1 Å². The van der Waals surface area contributed by atoms with E-state index in [1.165, 1.54) is 12.0 Å². The van der Waals surface area contributed by atoms with Crippen LogP contribution < -0.4 is 5.73 Å². The summed E-state index contributed by atoms with van der Waals surface area (Å²) >= 11 is 0. The standard InChI is InChI=1S/C15H22N2O/c1-17(13-8-5-9-13)15(18)14(16)11-10-12-6-3-2-4-7-12/h2-4,6-7,13-14H,5,8-11,16H2,1H3. The van der Waals surface area contributed by atoms with E-state index in [4.69, 9.17) is 5.73 Å². The van der Waals surface area contributed by atoms with Crippen LogP contribution in [0.4, 0.5) is 0 Å². The van der Waals surface area contributed by atoms with E-state index in [-0.39, 0.29) is 11.9 Å². The normalized spacial score (nSPS) is 17.0. The van der Waals surface area contributed by atoms with Crippen molar-refractivity contribution in [2.24, 2.45) is 5.73 Å². The zero-order valence-electron chi connectivity index (χ0n) is 11.0. The molecule has 2 rings (SSSR count). The third kappa shape index (κ3) is 3.10. The molecule has 0 aliphatic heterocycles. The minimum atomic E-state index is -0.365. The quantitative estimate of drug-likeness (QED) is 0.863. The first-order valence-corrected chi connectivity index (χ1v) is 6.74. The van der Waals surface area contributed by atoms with Crippen LogP contribution in [0.15, 0.2) is 30.3 Å². The summed E-state index contributed by atoms with van der Waals surface area (Å²) in [5, 5.41) is 0. The van der Waals surface area contributed by atoms with Crippen LogP contribution >= 0.6 is 0 Å². The lowest BCUT2D eigenvalue weighted by Crippen LogP contribution is -2.48. The van der Waals surface area contributed by atoms with Gasteiger partial charge >= 0.3 is 0 Å². The lowest BCUT2D eigenvalue weighted by atomic mass is 9.91. The summed E-state index contributed by atoms with van der Waals surface area (Å²) in [6, 6.07) is 10.3. The van der Waals surface area contributed by atoms with E-state index in [0.717, 1.165) is 25.7 Å². The Kier molecular flexibility index (Phi) is 4.37. The first-order chi connectivity index (χ1) is 8.68. The highest BCUT2D eigenvalue weighted by atomic mass is 16.2. The highest BCUT2D eigenvalue weighted by Gasteiger charge is 2.28. The van der Waals surface area contributed by atoms with Crippen molar-refractivity contribution < 1.29 is 4.79 Å². The number of aryl methyl sites for hydroxylation is 1. The van der Waals surface area contributed by atoms with E-state index in [0.29, 0.717) is 6.04 Å². The van der Waals surface area contributed by atoms with Gasteiger partial charge in [0.2, 0.25) is 5.91 Å². The van der Waals surface area contributed by atoms with Gasteiger partial charge in [-0.2, -0.15) is 0 Å². The molecule has 3 heteroatoms. The van der Waals surface area contributed by atoms with Crippen molar-refractivity contribution in [3.63, 3.8) is 0 Å². The SMILES string of the molecule is CN(C(=O)C(N)CCc1ccccc1)C1CCC1. The van der Waals surface area contributed by atoms with Gasteiger partial charge in [0.05, 0.1) is 6.04 Å². The highest BCUT2D eigenvalue weighted by molar-refractivity contribution is 5.81. The van der Waals surface area contributed by atoms with Crippen LogP contribution in [-0.2, 0) is 11.2 Å². The maximum Gasteiger partial charge on any atom is 0.239 e. The van der Waals surface area contributed by atoms with Crippen molar-refractivity contribution in [1.82, 2.24) is 4.90 Å². The van der Waals surface area contributed by atoms with Gasteiger partial charge < -0.3 is 10.6 Å². The lowest BCUT2D eigenvalue weighted by molar-refractivity contribution is -0.135. The maximum absolute atomic E-state index is 12.1. The number of amides is 1. The summed E-state index contributed by atoms with van der Waals surface area (Å²) in [5.74, 6) is 0.0932. The maximum atomic E-state index is 12.1. The molecule has 0 bridgehead atoms. The third-order valence-electron chi connectivity index (χ3n) is 3.87. The van der Waals surface area contributed by atoms with Gasteiger partial charge in [0.25, 0.3) is 0 Å². The summed E-state index contributed by atoms with van der Waals surface area (Å²) in [6.45, 7) is 0. The molecule has 0 radical (unpaired) electrons. The molecule has 1 aromatic carbocycles. The van der Waals surface area contributed by atoms with Crippen molar-refractivity contribution in [2.45, 2.75) is 44.2 Å². The Morgan fingerprint density at radius 3 is 2.61 bits per heavy atom. The van der Waals surface area contributed by atoms with Gasteiger partial charge in [-0.3, -0.25) is 4.79 Å². The van der Waals surface area contributed by atoms with Gasteiger partial charge in [-0.15, -0.1) is 0 Å². The number of benzene rings is 1. The second-order valence-corrected chi connectivity index (χ2v) is 5.16. The fourth-order valence-corrected chi connectivity index (χ4v) is 2.31. The number of nitrogens with two attached hydrogens (primary N) is 1. The van der Waals surface area contributed by atoms with E-state index >= 15 is 0 Å². The molecule has 1 aliphatic carbocycles. The average molecular weight is 246 g/mol. The van der Waals surface area contributed by atoms with Gasteiger partial charge in [0.15, 0.2) is 0 Å². The summed E-state index contributed by atoms with van der Waals surface area (Å²) in [7, 11) is 1.88. The number of carbonyl (C=O) groups excluding carboxylic acids is 1. The molecule has 98 valence electrons. The Morgan fingerprint density at radius 1 is 1.39 bits per heavy atom. The molecule has 1 amide bonds. The van der Waals surface area contributed by atoms with E-state index in [9.17, 15) is 4.79 Å². The van der Waals surface area contributed by atoms with E-state index in [1.54, 1.807) is 0 Å². The molecule has 0 saturated heterocycles. The third-order valence-corrected chi connectivity index (χ3v) is 3.87. The van der Waals surface area contributed by atoms with Crippen molar-refractivity contribution >= 4 is 5.91 Å². The molecule has 1 fully saturated rings. The van der Waals surface area contributed by atoms with Crippen LogP contribution in [0.25, 0.3) is 0 Å². The van der Waals surface area contributed by atoms with Gasteiger partial charge in [-0.05, 0) is 37.7 Å². The molecule has 1 unspecified atom stereocenters. The first kappa shape index (κ1) is 13.1. The molecule has 1 atom stereocenters. The van der Waals surface area contributed by atoms with Gasteiger partial charge in [-0.1, -0.05) is 30.3 Å². The largest absolute Gasteiger partial charge is 0.341 e. The number of hydrogen-bond donors (Lipinski definition) is 1. The number of carbonyl (C=O) groups is 1. The fraction of sp³-hybridized carbons (Fsp3) is 0.533. The van der Waals surface area contributed by atoms with Crippen LogP contribution in [0.5, 0.6) is 0 Å². The topological polar surface area (TPSA) is 46.3 Å². The molecule has 3 nitrogen and oxygen atoms in total. The zero-order valence-corrected chi connectivity index (χ0v) is 11.0. The predicted octanol–water partition coefficient (Wildman–Crippen LogP) is 1.96. The van der Waals surface area contributed by atoms with Crippen LogP contribution in [0, 0.1) is 0 Å². The van der Waals surface area contributed by atoms with Crippen LogP contribution in [0.1, 0.15) is 31.2 Å². The molecule has 0 heterocycles. The van der Waals surface area contributed by atoms with Crippen molar-refractivity contribution in [3.05, 3.63) is 35.9 Å². The summed E-state index contributed by atoms with van der Waals surface area (Å²) < 4.78 is 0. The van der Waals surface area contributed by atoms with Crippen LogP contribution in [-0.4, -0.2) is 29.9 Å². The second-order valence-electron chi connectivity index (χ2n) is 5.16. The Morgan fingerprint density at radius 2 is 2.06 bits per heavy atom. The van der Waals surface area contributed by atoms with Crippen molar-refractivity contribution in [1.29, 1.82) is 0 Å². The first-order valence-electron chi connectivity index (χ1n) is 6.74. The Balaban J connectivity index is 1.80. The average Bonchev–Trinajstić information content (AvgIpc) is 2.34. The molecule has 1 aromatic rings. The number of rotatable bonds is 5. The van der Waals surface area contributed by atoms with Crippen LogP contribution in [0.2, 0.25) is 0 Å². The molecular weight excluding hydrogens is 224 g/mol. The molecule has 2 N–H and O–H groups in total. The monoisotopic (exact) mass is 246 g/mol. The second kappa shape index (κ2) is 6.01. The Hall–Kier alpha value is -1.35. The zero-order chi connectivity index (χ0) is 13.0. The summed E-state index contributed by atoms with van der Waals surface area (Å²) in [4.78, 5) is 13.9. The molecule has 1 aliphatic rings. The number of likely N-dealkylation sites (N-methyl/N-ethyl adjacent to an activating group) is 1. The van der Waals surface area contributed by atoms with Crippen LogP contribution in [0.3, 0.4) is 0 Å². The Bertz CT molecular complexity index is 387. The number of nitrogens with zero attached hydrogens (tertiary/aromatic N) is 1. The van der Waals surface area contributed by atoms with Gasteiger partial charge in [-0.25, -0.2) is 0 Å². The van der Waals surface area contributed by atoms with E-state index in [2.05, 4.69) is 12.1 Å². The van der Waals surface area contributed by atoms with Crippen molar-refractivity contribution in [2.75, 3.05) is 7.05 Å². The van der Waals surface area contributed by atoms with Gasteiger partial charge in [0.1, 0.15) is 0 Å². The summed E-state index contributed by atoms with van der Waals surface area (Å²) in [5.41, 5.74) is 7.23. The minimum Gasteiger partial charge on any atom is -0.341 e. The van der Waals surface area contributed by atoms with E-state index < -0.39 is 0 Å². The predicted molar refractivity (Wildman–Crippen MR) is 73.1 cm³/mol. The number of hydrogen-bond acceptors (Lipinski definition) is 2. The molecule has 0 spiro atoms. The molecule has 18 heavy (non-hydrogen) atoms. The summed E-state index contributed by atoms with van der Waals surface area (Å²) in [6.07, 6.45) is 5.09. The molecule has 1 saturated carbocycles.